The van der Waals surface area contributed by atoms with Crippen LogP contribution in [0.1, 0.15) is 11.1 Å². The number of carbonyl (C=O) groups is 1. The van der Waals surface area contributed by atoms with Crippen molar-refractivity contribution in [2.75, 3.05) is 12.4 Å². The molecule has 174 valence electrons. The Morgan fingerprint density at radius 2 is 1.83 bits per heavy atom. The van der Waals surface area contributed by atoms with Gasteiger partial charge >= 0.3 is 0 Å². The van der Waals surface area contributed by atoms with Crippen LogP contribution in [0.25, 0.3) is 16.8 Å². The van der Waals surface area contributed by atoms with Crippen LogP contribution in [-0.2, 0) is 11.4 Å². The Morgan fingerprint density at radius 1 is 1.09 bits per heavy atom. The zero-order chi connectivity index (χ0) is 24.8. The van der Waals surface area contributed by atoms with Crippen molar-refractivity contribution in [2.24, 2.45) is 0 Å². The molecule has 0 unspecified atom stereocenters. The number of para-hydroxylation sites is 1. The first-order valence-corrected chi connectivity index (χ1v) is 11.8. The van der Waals surface area contributed by atoms with Crippen LogP contribution in [-0.4, -0.2) is 13.0 Å². The number of nitrogens with one attached hydrogen (secondary N) is 1. The molecule has 0 bridgehead atoms. The first kappa shape index (κ1) is 24.3. The molecule has 7 heteroatoms. The van der Waals surface area contributed by atoms with E-state index in [0.717, 1.165) is 16.3 Å². The van der Waals surface area contributed by atoms with Crippen LogP contribution in [0.3, 0.4) is 0 Å². The number of benzene rings is 4. The van der Waals surface area contributed by atoms with Crippen molar-refractivity contribution in [1.82, 2.24) is 0 Å². The molecule has 0 heterocycles. The molecule has 0 radical (unpaired) electrons. The lowest BCUT2D eigenvalue weighted by atomic mass is 10.1. The number of hydrogen-bond acceptors (Lipinski definition) is 4. The topological polar surface area (TPSA) is 71.3 Å². The van der Waals surface area contributed by atoms with Gasteiger partial charge in [-0.25, -0.2) is 0 Å². The molecule has 4 aromatic carbocycles. The molecule has 0 aliphatic rings. The molecule has 0 saturated heterocycles. The molecule has 4 aromatic rings. The lowest BCUT2D eigenvalue weighted by molar-refractivity contribution is -0.112. The Bertz CT molecular complexity index is 1470. The van der Waals surface area contributed by atoms with Crippen LogP contribution < -0.4 is 14.8 Å². The van der Waals surface area contributed by atoms with E-state index in [1.54, 1.807) is 36.4 Å². The number of halogens is 2. The standard InChI is InChI=1S/C28H20BrClN2O3/c1-34-26-15-18(13-21(16-31)28(33)32-25-12-5-4-11-24(25)30)14-23(29)27(26)35-17-20-9-6-8-19-7-2-3-10-22(19)20/h2-15H,17H2,1H3,(H,32,33)/b21-13+. The van der Waals surface area contributed by atoms with Crippen LogP contribution in [0.15, 0.2) is 88.9 Å². The minimum atomic E-state index is -0.563. The highest BCUT2D eigenvalue weighted by atomic mass is 79.9. The van der Waals surface area contributed by atoms with Crippen molar-refractivity contribution in [3.8, 4) is 17.6 Å². The third-order valence-electron chi connectivity index (χ3n) is 5.30. The van der Waals surface area contributed by atoms with Crippen molar-refractivity contribution in [3.05, 3.63) is 105 Å². The average molecular weight is 548 g/mol. The SMILES string of the molecule is COc1cc(/C=C(\C#N)C(=O)Nc2ccccc2Cl)cc(Br)c1OCc1cccc2ccccc12. The van der Waals surface area contributed by atoms with Crippen molar-refractivity contribution in [2.45, 2.75) is 6.61 Å². The predicted molar refractivity (Wildman–Crippen MR) is 143 cm³/mol. The predicted octanol–water partition coefficient (Wildman–Crippen LogP) is 7.39. The van der Waals surface area contributed by atoms with Gasteiger partial charge in [-0.1, -0.05) is 66.2 Å². The van der Waals surface area contributed by atoms with E-state index in [1.165, 1.54) is 13.2 Å². The van der Waals surface area contributed by atoms with E-state index >= 15 is 0 Å². The molecule has 5 nitrogen and oxygen atoms in total. The molecule has 0 atom stereocenters. The summed E-state index contributed by atoms with van der Waals surface area (Å²) in [6, 6.07) is 26.5. The summed E-state index contributed by atoms with van der Waals surface area (Å²) in [6.45, 7) is 0.342. The summed E-state index contributed by atoms with van der Waals surface area (Å²) in [5.41, 5.74) is 1.99. The van der Waals surface area contributed by atoms with E-state index < -0.39 is 5.91 Å². The third kappa shape index (κ3) is 5.65. The van der Waals surface area contributed by atoms with Gasteiger partial charge in [0.15, 0.2) is 11.5 Å². The monoisotopic (exact) mass is 546 g/mol. The highest BCUT2D eigenvalue weighted by molar-refractivity contribution is 9.10. The molecule has 4 rings (SSSR count). The summed E-state index contributed by atoms with van der Waals surface area (Å²) in [4.78, 5) is 12.6. The third-order valence-corrected chi connectivity index (χ3v) is 6.22. The Morgan fingerprint density at radius 3 is 2.60 bits per heavy atom. The maximum Gasteiger partial charge on any atom is 0.266 e. The second kappa shape index (κ2) is 11.1. The maximum absolute atomic E-state index is 12.6. The summed E-state index contributed by atoms with van der Waals surface area (Å²) in [6.07, 6.45) is 1.48. The summed E-state index contributed by atoms with van der Waals surface area (Å²) in [5.74, 6) is 0.429. The fraction of sp³-hybridized carbons (Fsp3) is 0.0714. The summed E-state index contributed by atoms with van der Waals surface area (Å²) >= 11 is 9.65. The molecule has 35 heavy (non-hydrogen) atoms. The minimum absolute atomic E-state index is 0.0803. The number of nitrogens with zero attached hydrogens (tertiary/aromatic N) is 1. The van der Waals surface area contributed by atoms with Crippen LogP contribution in [0.4, 0.5) is 5.69 Å². The Hall–Kier alpha value is -3.79. The number of amides is 1. The molecule has 0 aliphatic carbocycles. The highest BCUT2D eigenvalue weighted by Gasteiger charge is 2.15. The average Bonchev–Trinajstić information content (AvgIpc) is 2.87. The number of ether oxygens (including phenoxy) is 2. The molecular weight excluding hydrogens is 528 g/mol. The van der Waals surface area contributed by atoms with E-state index in [1.807, 2.05) is 30.3 Å². The van der Waals surface area contributed by atoms with Gasteiger partial charge in [-0.3, -0.25) is 4.79 Å². The number of rotatable bonds is 7. The van der Waals surface area contributed by atoms with E-state index in [2.05, 4.69) is 39.4 Å². The number of methoxy groups -OCH3 is 1. The Balaban J connectivity index is 1.58. The number of fused-ring (bicyclic) bond motifs is 1. The molecule has 0 aromatic heterocycles. The molecule has 0 saturated carbocycles. The van der Waals surface area contributed by atoms with Gasteiger partial charge in [0.05, 0.1) is 22.3 Å². The molecule has 1 N–H and O–H groups in total. The maximum atomic E-state index is 12.6. The van der Waals surface area contributed by atoms with E-state index in [-0.39, 0.29) is 5.57 Å². The van der Waals surface area contributed by atoms with Gasteiger partial charge < -0.3 is 14.8 Å². The van der Waals surface area contributed by atoms with Crippen molar-refractivity contribution >= 4 is 56.0 Å². The quantitative estimate of drug-likeness (QED) is 0.193. The number of anilines is 1. The van der Waals surface area contributed by atoms with Crippen molar-refractivity contribution < 1.29 is 14.3 Å². The smallest absolute Gasteiger partial charge is 0.266 e. The molecule has 1 amide bonds. The minimum Gasteiger partial charge on any atom is -0.493 e. The largest absolute Gasteiger partial charge is 0.493 e. The molecular formula is C28H20BrClN2O3. The van der Waals surface area contributed by atoms with Gasteiger partial charge in [0.1, 0.15) is 18.2 Å². The van der Waals surface area contributed by atoms with E-state index in [4.69, 9.17) is 21.1 Å². The first-order chi connectivity index (χ1) is 17.0. The molecule has 0 fully saturated rings. The summed E-state index contributed by atoms with van der Waals surface area (Å²) in [5, 5.41) is 14.9. The van der Waals surface area contributed by atoms with Gasteiger partial charge in [-0.05, 0) is 68.2 Å². The van der Waals surface area contributed by atoms with Crippen LogP contribution >= 0.6 is 27.5 Å². The zero-order valence-electron chi connectivity index (χ0n) is 18.7. The van der Waals surface area contributed by atoms with Crippen LogP contribution in [0.5, 0.6) is 11.5 Å². The molecule has 0 aliphatic heterocycles. The number of carbonyl (C=O) groups excluding carboxylic acids is 1. The van der Waals surface area contributed by atoms with Gasteiger partial charge in [0, 0.05) is 0 Å². The van der Waals surface area contributed by atoms with Gasteiger partial charge in [0.25, 0.3) is 5.91 Å². The second-order valence-electron chi connectivity index (χ2n) is 7.56. The van der Waals surface area contributed by atoms with Crippen molar-refractivity contribution in [3.63, 3.8) is 0 Å². The van der Waals surface area contributed by atoms with Gasteiger partial charge in [-0.15, -0.1) is 0 Å². The highest BCUT2D eigenvalue weighted by Crippen LogP contribution is 2.38. The zero-order valence-corrected chi connectivity index (χ0v) is 21.1. The fourth-order valence-electron chi connectivity index (χ4n) is 3.60. The van der Waals surface area contributed by atoms with E-state index in [0.29, 0.717) is 38.9 Å². The lowest BCUT2D eigenvalue weighted by Crippen LogP contribution is -2.13. The summed E-state index contributed by atoms with van der Waals surface area (Å²) < 4.78 is 12.3. The first-order valence-electron chi connectivity index (χ1n) is 10.6. The van der Waals surface area contributed by atoms with E-state index in [9.17, 15) is 10.1 Å². The van der Waals surface area contributed by atoms with Crippen LogP contribution in [0.2, 0.25) is 5.02 Å². The van der Waals surface area contributed by atoms with Crippen molar-refractivity contribution in [1.29, 1.82) is 5.26 Å². The molecule has 0 spiro atoms. The Kier molecular flexibility index (Phi) is 7.71. The second-order valence-corrected chi connectivity index (χ2v) is 8.83. The lowest BCUT2D eigenvalue weighted by Gasteiger charge is -2.15. The normalized spacial score (nSPS) is 11.1. The Labute approximate surface area is 216 Å². The summed E-state index contributed by atoms with van der Waals surface area (Å²) in [7, 11) is 1.54. The number of hydrogen-bond donors (Lipinski definition) is 1. The van der Waals surface area contributed by atoms with Crippen LogP contribution in [0, 0.1) is 11.3 Å². The van der Waals surface area contributed by atoms with Gasteiger partial charge in [-0.2, -0.15) is 5.26 Å². The fourth-order valence-corrected chi connectivity index (χ4v) is 4.36. The number of nitriles is 1. The van der Waals surface area contributed by atoms with Gasteiger partial charge in [0.2, 0.25) is 0 Å².